The van der Waals surface area contributed by atoms with E-state index in [4.69, 9.17) is 21.6 Å². The van der Waals surface area contributed by atoms with Crippen molar-refractivity contribution >= 4 is 23.1 Å². The Bertz CT molecular complexity index is 672. The molecule has 0 radical (unpaired) electrons. The molecular formula is C14H14ClN5O. The second-order valence-corrected chi connectivity index (χ2v) is 5.28. The number of anilines is 2. The van der Waals surface area contributed by atoms with E-state index in [9.17, 15) is 0 Å². The lowest BCUT2D eigenvalue weighted by Crippen LogP contribution is -2.15. The van der Waals surface area contributed by atoms with Crippen molar-refractivity contribution in [2.75, 3.05) is 11.9 Å². The number of ether oxygens (including phenoxy) is 1. The fourth-order valence-electron chi connectivity index (χ4n) is 2.25. The lowest BCUT2D eigenvalue weighted by Gasteiger charge is -2.08. The zero-order valence-electron chi connectivity index (χ0n) is 11.3. The van der Waals surface area contributed by atoms with Gasteiger partial charge in [-0.1, -0.05) is 11.6 Å². The van der Waals surface area contributed by atoms with Crippen molar-refractivity contribution in [3.05, 3.63) is 35.2 Å². The maximum absolute atomic E-state index is 8.79. The first-order valence-corrected chi connectivity index (χ1v) is 7.09. The van der Waals surface area contributed by atoms with Crippen LogP contribution >= 0.6 is 11.6 Å². The van der Waals surface area contributed by atoms with Crippen molar-refractivity contribution < 1.29 is 4.74 Å². The van der Waals surface area contributed by atoms with Gasteiger partial charge < -0.3 is 10.1 Å². The van der Waals surface area contributed by atoms with Crippen LogP contribution in [-0.2, 0) is 11.3 Å². The van der Waals surface area contributed by atoms with Gasteiger partial charge in [-0.25, -0.2) is 4.98 Å². The van der Waals surface area contributed by atoms with E-state index in [1.165, 1.54) is 6.20 Å². The summed E-state index contributed by atoms with van der Waals surface area (Å²) in [7, 11) is 0. The molecule has 0 saturated carbocycles. The van der Waals surface area contributed by atoms with Gasteiger partial charge in [0, 0.05) is 19.0 Å². The van der Waals surface area contributed by atoms with Gasteiger partial charge in [0.25, 0.3) is 0 Å². The van der Waals surface area contributed by atoms with Crippen molar-refractivity contribution in [2.24, 2.45) is 0 Å². The van der Waals surface area contributed by atoms with Gasteiger partial charge in [-0.05, 0) is 18.9 Å². The first-order chi connectivity index (χ1) is 10.2. The van der Waals surface area contributed by atoms with E-state index in [2.05, 4.69) is 15.4 Å². The maximum Gasteiger partial charge on any atom is 0.149 e. The maximum atomic E-state index is 8.79. The SMILES string of the molecule is N#Cc1cnc(Nc2cnn(CC3CCCO3)c2)c(Cl)c1. The first-order valence-electron chi connectivity index (χ1n) is 6.71. The van der Waals surface area contributed by atoms with Gasteiger partial charge in [0.2, 0.25) is 0 Å². The summed E-state index contributed by atoms with van der Waals surface area (Å²) in [6.45, 7) is 1.58. The van der Waals surface area contributed by atoms with Gasteiger partial charge in [0.1, 0.15) is 11.9 Å². The average Bonchev–Trinajstić information content (AvgIpc) is 3.14. The molecule has 2 aromatic heterocycles. The molecule has 7 heteroatoms. The van der Waals surface area contributed by atoms with Crippen molar-refractivity contribution in [1.29, 1.82) is 5.26 Å². The van der Waals surface area contributed by atoms with Crippen LogP contribution < -0.4 is 5.32 Å². The summed E-state index contributed by atoms with van der Waals surface area (Å²) in [6.07, 6.45) is 7.51. The molecule has 0 spiro atoms. The van der Waals surface area contributed by atoms with Gasteiger partial charge in [-0.15, -0.1) is 0 Å². The Morgan fingerprint density at radius 1 is 1.52 bits per heavy atom. The molecule has 108 valence electrons. The van der Waals surface area contributed by atoms with E-state index in [1.807, 2.05) is 16.9 Å². The summed E-state index contributed by atoms with van der Waals surface area (Å²) in [4.78, 5) is 4.13. The normalized spacial score (nSPS) is 17.6. The lowest BCUT2D eigenvalue weighted by molar-refractivity contribution is 0.0940. The number of hydrogen-bond donors (Lipinski definition) is 1. The highest BCUT2D eigenvalue weighted by molar-refractivity contribution is 6.33. The number of rotatable bonds is 4. The lowest BCUT2D eigenvalue weighted by atomic mass is 10.2. The van der Waals surface area contributed by atoms with Gasteiger partial charge in [0.05, 0.1) is 35.1 Å². The van der Waals surface area contributed by atoms with Crippen molar-refractivity contribution in [1.82, 2.24) is 14.8 Å². The van der Waals surface area contributed by atoms with Gasteiger partial charge >= 0.3 is 0 Å². The molecule has 2 aromatic rings. The van der Waals surface area contributed by atoms with Crippen molar-refractivity contribution in [3.63, 3.8) is 0 Å². The molecule has 1 N–H and O–H groups in total. The second kappa shape index (κ2) is 6.12. The molecule has 1 atom stereocenters. The van der Waals surface area contributed by atoms with E-state index >= 15 is 0 Å². The highest BCUT2D eigenvalue weighted by atomic mass is 35.5. The zero-order valence-corrected chi connectivity index (χ0v) is 12.0. The van der Waals surface area contributed by atoms with Crippen LogP contribution in [0, 0.1) is 11.3 Å². The highest BCUT2D eigenvalue weighted by Gasteiger charge is 2.16. The van der Waals surface area contributed by atoms with Crippen LogP contribution in [0.15, 0.2) is 24.7 Å². The van der Waals surface area contributed by atoms with Crippen molar-refractivity contribution in [2.45, 2.75) is 25.5 Å². The predicted molar refractivity (Wildman–Crippen MR) is 78.4 cm³/mol. The summed E-state index contributed by atoms with van der Waals surface area (Å²) >= 11 is 6.08. The molecule has 1 saturated heterocycles. The second-order valence-electron chi connectivity index (χ2n) is 4.88. The Morgan fingerprint density at radius 3 is 3.14 bits per heavy atom. The molecule has 1 aliphatic rings. The smallest absolute Gasteiger partial charge is 0.149 e. The molecule has 0 aromatic carbocycles. The molecule has 3 rings (SSSR count). The Kier molecular flexibility index (Phi) is 4.04. The van der Waals surface area contributed by atoms with Crippen LogP contribution in [0.4, 0.5) is 11.5 Å². The molecule has 1 aliphatic heterocycles. The van der Waals surface area contributed by atoms with Crippen molar-refractivity contribution in [3.8, 4) is 6.07 Å². The quantitative estimate of drug-likeness (QED) is 0.940. The largest absolute Gasteiger partial charge is 0.376 e. The first kappa shape index (κ1) is 13.9. The molecule has 1 unspecified atom stereocenters. The third-order valence-corrected chi connectivity index (χ3v) is 3.57. The van der Waals surface area contributed by atoms with Crippen LogP contribution in [0.1, 0.15) is 18.4 Å². The molecule has 21 heavy (non-hydrogen) atoms. The minimum atomic E-state index is 0.245. The molecule has 0 amide bonds. The topological polar surface area (TPSA) is 75.8 Å². The third kappa shape index (κ3) is 3.32. The summed E-state index contributed by atoms with van der Waals surface area (Å²) in [6, 6.07) is 3.58. The fourth-order valence-corrected chi connectivity index (χ4v) is 2.47. The monoisotopic (exact) mass is 303 g/mol. The molecule has 1 fully saturated rings. The van der Waals surface area contributed by atoms with Crippen LogP contribution in [0.5, 0.6) is 0 Å². The Hall–Kier alpha value is -2.10. The summed E-state index contributed by atoms with van der Waals surface area (Å²) < 4.78 is 7.43. The average molecular weight is 304 g/mol. The number of halogens is 1. The van der Waals surface area contributed by atoms with Crippen LogP contribution in [-0.4, -0.2) is 27.5 Å². The van der Waals surface area contributed by atoms with E-state index < -0.39 is 0 Å². The summed E-state index contributed by atoms with van der Waals surface area (Å²) in [5, 5.41) is 16.6. The van der Waals surface area contributed by atoms with Crippen LogP contribution in [0.2, 0.25) is 5.02 Å². The van der Waals surface area contributed by atoms with E-state index in [0.717, 1.165) is 31.7 Å². The summed E-state index contributed by atoms with van der Waals surface area (Å²) in [5.41, 5.74) is 1.23. The molecule has 0 bridgehead atoms. The Labute approximate surface area is 127 Å². The Morgan fingerprint density at radius 2 is 2.43 bits per heavy atom. The molecule has 6 nitrogen and oxygen atoms in total. The molecule has 0 aliphatic carbocycles. The van der Waals surface area contributed by atoms with E-state index in [0.29, 0.717) is 16.4 Å². The van der Waals surface area contributed by atoms with E-state index in [1.54, 1.807) is 12.3 Å². The Balaban J connectivity index is 1.68. The third-order valence-electron chi connectivity index (χ3n) is 3.28. The molecule has 3 heterocycles. The number of nitrogens with one attached hydrogen (secondary N) is 1. The number of nitriles is 1. The highest BCUT2D eigenvalue weighted by Crippen LogP contribution is 2.23. The van der Waals surface area contributed by atoms with Crippen LogP contribution in [0.25, 0.3) is 0 Å². The number of hydrogen-bond acceptors (Lipinski definition) is 5. The standard InChI is InChI=1S/C14H14ClN5O/c15-13-4-10(5-16)6-17-14(13)19-11-7-18-20(8-11)9-12-2-1-3-21-12/h4,6-8,12H,1-3,9H2,(H,17,19). The van der Waals surface area contributed by atoms with Crippen LogP contribution in [0.3, 0.4) is 0 Å². The summed E-state index contributed by atoms with van der Waals surface area (Å²) in [5.74, 6) is 0.507. The van der Waals surface area contributed by atoms with Gasteiger partial charge in [0.15, 0.2) is 0 Å². The minimum absolute atomic E-state index is 0.245. The number of aromatic nitrogens is 3. The predicted octanol–water partition coefficient (Wildman–Crippen LogP) is 2.73. The fraction of sp³-hybridized carbons (Fsp3) is 0.357. The number of pyridine rings is 1. The van der Waals surface area contributed by atoms with E-state index in [-0.39, 0.29) is 6.10 Å². The number of nitrogens with zero attached hydrogens (tertiary/aromatic N) is 4. The van der Waals surface area contributed by atoms with Gasteiger partial charge in [-0.2, -0.15) is 10.4 Å². The van der Waals surface area contributed by atoms with Gasteiger partial charge in [-0.3, -0.25) is 4.68 Å². The minimum Gasteiger partial charge on any atom is -0.376 e. The molecular weight excluding hydrogens is 290 g/mol. The zero-order chi connectivity index (χ0) is 14.7.